The van der Waals surface area contributed by atoms with Gasteiger partial charge in [-0.05, 0) is 5.38 Å². The van der Waals surface area contributed by atoms with Crippen LogP contribution in [0.3, 0.4) is 0 Å². The second-order valence-corrected chi connectivity index (χ2v) is 3.37. The van der Waals surface area contributed by atoms with Crippen molar-refractivity contribution in [2.75, 3.05) is 5.38 Å². The van der Waals surface area contributed by atoms with E-state index in [4.69, 9.17) is 9.90 Å². The van der Waals surface area contributed by atoms with Gasteiger partial charge >= 0.3 is 0 Å². The van der Waals surface area contributed by atoms with E-state index in [1.807, 2.05) is 0 Å². The molecule has 0 aromatic heterocycles. The first-order valence-corrected chi connectivity index (χ1v) is 4.00. The number of hydrogen-bond acceptors (Lipinski definition) is 2. The summed E-state index contributed by atoms with van der Waals surface area (Å²) in [6.07, 6.45) is 0. The quantitative estimate of drug-likeness (QED) is 0.344. The number of carboxylic acids is 1. The molecule has 4 heteroatoms. The van der Waals surface area contributed by atoms with Crippen molar-refractivity contribution in [2.45, 2.75) is 6.92 Å². The molecule has 0 atom stereocenters. The second-order valence-electron chi connectivity index (χ2n) is 0.835. The van der Waals surface area contributed by atoms with E-state index >= 15 is 0 Å². The van der Waals surface area contributed by atoms with Gasteiger partial charge in [0.05, 0.1) is 0 Å². The summed E-state index contributed by atoms with van der Waals surface area (Å²) in [5, 5.41) is 8.50. The van der Waals surface area contributed by atoms with E-state index in [0.29, 0.717) is 0 Å². The maximum atomic E-state index is 9.00. The lowest BCUT2D eigenvalue weighted by atomic mass is 10.9. The first-order chi connectivity index (χ1) is 3.15. The predicted molar refractivity (Wildman–Crippen MR) is 37.1 cm³/mol. The van der Waals surface area contributed by atoms with Gasteiger partial charge in [-0.3, -0.25) is 4.79 Å². The molecule has 0 aromatic rings. The maximum Gasteiger partial charge on any atom is 0.300 e. The summed E-state index contributed by atoms with van der Waals surface area (Å²) in [4.78, 5) is 9.00. The minimum atomic E-state index is -0.833. The number of hydrogen-bond donors (Lipinski definition) is 2. The van der Waals surface area contributed by atoms with E-state index in [9.17, 15) is 0 Å². The highest BCUT2D eigenvalue weighted by Crippen LogP contribution is 1.50. The van der Waals surface area contributed by atoms with Gasteiger partial charge in [0, 0.05) is 17.2 Å². The highest BCUT2D eigenvalue weighted by molar-refractivity contribution is 7.81. The van der Waals surface area contributed by atoms with Crippen LogP contribution in [0.1, 0.15) is 6.92 Å². The number of carboxylic acid groups (broad SMARTS) is 1. The van der Waals surface area contributed by atoms with Crippen molar-refractivity contribution < 1.29 is 9.90 Å². The number of carbonyl (C=O) groups is 1. The third kappa shape index (κ3) is 72300. The summed E-state index contributed by atoms with van der Waals surface area (Å²) in [5.41, 5.74) is 0. The Morgan fingerprint density at radius 2 is 2.00 bits per heavy atom. The summed E-state index contributed by atoms with van der Waals surface area (Å²) in [6.45, 7) is 1.08. The van der Waals surface area contributed by atoms with Crippen LogP contribution in [-0.2, 0) is 4.79 Å². The van der Waals surface area contributed by atoms with Crippen LogP contribution in [0, 0.1) is 0 Å². The van der Waals surface area contributed by atoms with E-state index in [2.05, 4.69) is 12.6 Å². The van der Waals surface area contributed by atoms with Gasteiger partial charge in [0.15, 0.2) is 0 Å². The summed E-state index contributed by atoms with van der Waals surface area (Å²) < 4.78 is 0. The molecule has 1 N–H and O–H groups in total. The molecule has 7 heavy (non-hydrogen) atoms. The smallest absolute Gasteiger partial charge is 0.300 e. The van der Waals surface area contributed by atoms with E-state index < -0.39 is 5.97 Å². The summed E-state index contributed by atoms with van der Waals surface area (Å²) >= 11 is 3.85. The molecule has 0 saturated heterocycles. The molecule has 0 aliphatic rings. The molecule has 0 saturated carbocycles. The predicted octanol–water partition coefficient (Wildman–Crippen LogP) is -0.670. The third-order valence-electron chi connectivity index (χ3n) is 0. The van der Waals surface area contributed by atoms with Crippen molar-refractivity contribution in [1.29, 1.82) is 0 Å². The highest BCUT2D eigenvalue weighted by atomic mass is 32.1. The zero-order valence-corrected chi connectivity index (χ0v) is 7.40. The van der Waals surface area contributed by atoms with Crippen molar-refractivity contribution in [3.8, 4) is 0 Å². The van der Waals surface area contributed by atoms with Gasteiger partial charge in [0.2, 0.25) is 0 Å². The lowest BCUT2D eigenvalue weighted by molar-refractivity contribution is -0.134. The lowest BCUT2D eigenvalue weighted by Gasteiger charge is -1.59. The molecule has 0 bridgehead atoms. The molecule has 0 aromatic carbocycles. The summed E-state index contributed by atoms with van der Waals surface area (Å²) in [6, 6.07) is 0. The van der Waals surface area contributed by atoms with Gasteiger partial charge in [0.1, 0.15) is 0 Å². The van der Waals surface area contributed by atoms with Gasteiger partial charge in [-0.15, -0.1) is 0 Å². The van der Waals surface area contributed by atoms with Gasteiger partial charge in [-0.25, -0.2) is 0 Å². The largest absolute Gasteiger partial charge is 0.481 e. The third-order valence-corrected chi connectivity index (χ3v) is 0. The minimum Gasteiger partial charge on any atom is -0.481 e. The Labute approximate surface area is 51.8 Å². The average Bonchev–Trinajstić information content (AvgIpc) is 1.33. The molecule has 0 heterocycles. The van der Waals surface area contributed by atoms with Crippen LogP contribution in [-0.4, -0.2) is 26.7 Å². The zero-order chi connectivity index (χ0) is 6.28. The SMILES string of the molecule is CC(=O)O.[SiH3]CS. The number of thiol groups is 1. The molecular formula is C3H10O2SSi. The van der Waals surface area contributed by atoms with Crippen molar-refractivity contribution in [3.05, 3.63) is 0 Å². The van der Waals surface area contributed by atoms with Crippen LogP contribution in [0.2, 0.25) is 0 Å². The van der Waals surface area contributed by atoms with Crippen LogP contribution >= 0.6 is 12.6 Å². The Bertz CT molecular complexity index is 44.2. The monoisotopic (exact) mass is 138 g/mol. The van der Waals surface area contributed by atoms with Crippen LogP contribution in [0.25, 0.3) is 0 Å². The Morgan fingerprint density at radius 1 is 2.00 bits per heavy atom. The summed E-state index contributed by atoms with van der Waals surface area (Å²) in [5.74, 6) is -0.833. The Morgan fingerprint density at radius 3 is 2.00 bits per heavy atom. The van der Waals surface area contributed by atoms with E-state index in [1.54, 1.807) is 0 Å². The molecule has 0 radical (unpaired) electrons. The van der Waals surface area contributed by atoms with Crippen LogP contribution < -0.4 is 0 Å². The molecule has 0 rings (SSSR count). The first-order valence-electron chi connectivity index (χ1n) is 1.95. The number of aliphatic carboxylic acids is 1. The molecular weight excluding hydrogens is 128 g/mol. The first kappa shape index (κ1) is 10.1. The number of rotatable bonds is 0. The van der Waals surface area contributed by atoms with Crippen molar-refractivity contribution >= 4 is 28.8 Å². The molecule has 0 spiro atoms. The van der Waals surface area contributed by atoms with Crippen molar-refractivity contribution in [1.82, 2.24) is 0 Å². The average molecular weight is 138 g/mol. The highest BCUT2D eigenvalue weighted by Gasteiger charge is 1.65. The fraction of sp³-hybridized carbons (Fsp3) is 0.667. The Balaban J connectivity index is 0. The fourth-order valence-electron chi connectivity index (χ4n) is 0. The van der Waals surface area contributed by atoms with Gasteiger partial charge < -0.3 is 5.11 Å². The molecule has 2 nitrogen and oxygen atoms in total. The van der Waals surface area contributed by atoms with Gasteiger partial charge in [-0.1, -0.05) is 0 Å². The Kier molecular flexibility index (Phi) is 13.6. The van der Waals surface area contributed by atoms with Gasteiger partial charge in [0.25, 0.3) is 5.97 Å². The van der Waals surface area contributed by atoms with Crippen LogP contribution in [0.5, 0.6) is 0 Å². The molecule has 0 unspecified atom stereocenters. The zero-order valence-electron chi connectivity index (χ0n) is 4.51. The lowest BCUT2D eigenvalue weighted by Crippen LogP contribution is -1.78. The summed E-state index contributed by atoms with van der Waals surface area (Å²) in [7, 11) is 1.23. The standard InChI is InChI=1S/C2H4O2.CH6SSi/c1-2(3)4;2-1-3/h1H3,(H,3,4);2H,1H2,3H3. The Hall–Kier alpha value is 0.0369. The van der Waals surface area contributed by atoms with Crippen molar-refractivity contribution in [3.63, 3.8) is 0 Å². The topological polar surface area (TPSA) is 37.3 Å². The molecule has 0 fully saturated rings. The maximum absolute atomic E-state index is 9.00. The fourth-order valence-corrected chi connectivity index (χ4v) is 0. The van der Waals surface area contributed by atoms with E-state index in [0.717, 1.165) is 12.3 Å². The molecule has 0 amide bonds. The molecule has 44 valence electrons. The van der Waals surface area contributed by atoms with Gasteiger partial charge in [-0.2, -0.15) is 12.6 Å². The van der Waals surface area contributed by atoms with Crippen LogP contribution in [0.15, 0.2) is 0 Å². The normalized spacial score (nSPS) is 6.57. The van der Waals surface area contributed by atoms with Crippen molar-refractivity contribution in [2.24, 2.45) is 0 Å². The minimum absolute atomic E-state index is 0.833. The van der Waals surface area contributed by atoms with Crippen LogP contribution in [0.4, 0.5) is 0 Å². The van der Waals surface area contributed by atoms with E-state index in [1.165, 1.54) is 10.2 Å². The van der Waals surface area contributed by atoms with E-state index in [-0.39, 0.29) is 0 Å². The second kappa shape index (κ2) is 9.40. The molecule has 0 aliphatic carbocycles. The molecule has 0 aliphatic heterocycles.